The summed E-state index contributed by atoms with van der Waals surface area (Å²) in [6, 6.07) is 12.7. The van der Waals surface area contributed by atoms with Gasteiger partial charge in [-0.05, 0) is 49.4 Å². The van der Waals surface area contributed by atoms with Gasteiger partial charge in [0, 0.05) is 11.8 Å². The van der Waals surface area contributed by atoms with E-state index < -0.39 is 6.17 Å². The lowest BCUT2D eigenvalue weighted by Crippen LogP contribution is -2.82. The predicted molar refractivity (Wildman–Crippen MR) is 111 cm³/mol. The summed E-state index contributed by atoms with van der Waals surface area (Å²) in [7, 11) is 3.13. The van der Waals surface area contributed by atoms with Crippen LogP contribution in [-0.2, 0) is 0 Å². The first-order chi connectivity index (χ1) is 14.5. The number of benzene rings is 2. The smallest absolute Gasteiger partial charge is 0.357 e. The summed E-state index contributed by atoms with van der Waals surface area (Å²) in [5, 5.41) is 6.24. The Bertz CT molecular complexity index is 1170. The summed E-state index contributed by atoms with van der Waals surface area (Å²) in [6.07, 6.45) is -0.630. The van der Waals surface area contributed by atoms with Gasteiger partial charge in [0.05, 0.1) is 25.5 Å². The molecule has 9 heteroatoms. The van der Waals surface area contributed by atoms with E-state index in [4.69, 9.17) is 9.47 Å². The van der Waals surface area contributed by atoms with E-state index in [2.05, 4.69) is 20.6 Å². The van der Waals surface area contributed by atoms with Crippen molar-refractivity contribution in [3.8, 4) is 11.5 Å². The first-order valence-electron chi connectivity index (χ1n) is 9.23. The zero-order chi connectivity index (χ0) is 21.3. The minimum atomic E-state index is -0.630. The molecule has 1 aliphatic heterocycles. The zero-order valence-electron chi connectivity index (χ0n) is 16.7. The quantitative estimate of drug-likeness (QED) is 0.599. The molecule has 0 bridgehead atoms. The molecule has 3 N–H and O–H groups in total. The Balaban J connectivity index is 1.85. The Morgan fingerprint density at radius 1 is 1.13 bits per heavy atom. The van der Waals surface area contributed by atoms with Crippen molar-refractivity contribution in [3.05, 3.63) is 76.0 Å². The molecule has 0 spiro atoms. The van der Waals surface area contributed by atoms with Crippen LogP contribution in [-0.4, -0.2) is 29.7 Å². The molecule has 0 unspecified atom stereocenters. The van der Waals surface area contributed by atoms with Gasteiger partial charge in [-0.2, -0.15) is 0 Å². The van der Waals surface area contributed by atoms with E-state index in [9.17, 15) is 9.18 Å². The van der Waals surface area contributed by atoms with Gasteiger partial charge in [-0.1, -0.05) is 0 Å². The van der Waals surface area contributed by atoms with Gasteiger partial charge in [-0.25, -0.2) is 24.6 Å². The van der Waals surface area contributed by atoms with Crippen LogP contribution >= 0.6 is 0 Å². The highest BCUT2D eigenvalue weighted by molar-refractivity contribution is 5.99. The number of hydrogen-bond donors (Lipinski definition) is 3. The van der Waals surface area contributed by atoms with Crippen molar-refractivity contribution in [2.24, 2.45) is 0 Å². The molecule has 0 amide bonds. The van der Waals surface area contributed by atoms with Gasteiger partial charge >= 0.3 is 5.96 Å². The second-order valence-corrected chi connectivity index (χ2v) is 6.72. The van der Waals surface area contributed by atoms with E-state index in [1.165, 1.54) is 22.8 Å². The standard InChI is InChI=1S/C21H20FN5O3/c1-12-10-18(28)27-19(16-11-15(29-2)8-9-17(16)30-3)25-20(26-21(27)23-12)24-14-6-4-13(22)5-7-14/h4-11,19H,1-3H3,(H2,23,24,25,26)/p+1/t19-/m1/s1. The number of guanidine groups is 1. The van der Waals surface area contributed by atoms with Gasteiger partial charge in [0.2, 0.25) is 0 Å². The molecule has 0 fully saturated rings. The fourth-order valence-corrected chi connectivity index (χ4v) is 3.31. The van der Waals surface area contributed by atoms with E-state index in [0.717, 1.165) is 0 Å². The molecule has 4 rings (SSSR count). The lowest BCUT2D eigenvalue weighted by Gasteiger charge is -2.24. The van der Waals surface area contributed by atoms with E-state index in [0.29, 0.717) is 40.4 Å². The molecule has 1 atom stereocenters. The number of hydrogen-bond acceptors (Lipinski definition) is 6. The summed E-state index contributed by atoms with van der Waals surface area (Å²) in [4.78, 5) is 20.6. The van der Waals surface area contributed by atoms with E-state index in [-0.39, 0.29) is 11.4 Å². The number of methoxy groups -OCH3 is 2. The minimum Gasteiger partial charge on any atom is -0.497 e. The molecule has 2 aromatic carbocycles. The molecule has 8 nitrogen and oxygen atoms in total. The van der Waals surface area contributed by atoms with Crippen molar-refractivity contribution in [3.63, 3.8) is 0 Å². The molecule has 1 aliphatic rings. The van der Waals surface area contributed by atoms with Crippen LogP contribution in [0.4, 0.5) is 16.0 Å². The molecule has 1 aromatic heterocycles. The Kier molecular flexibility index (Phi) is 5.09. The second kappa shape index (κ2) is 7.86. The monoisotopic (exact) mass is 410 g/mol. The number of rotatable bonds is 4. The van der Waals surface area contributed by atoms with Crippen molar-refractivity contribution in [2.75, 3.05) is 24.9 Å². The number of aromatic nitrogens is 2. The van der Waals surface area contributed by atoms with Gasteiger partial charge in [0.1, 0.15) is 17.3 Å². The lowest BCUT2D eigenvalue weighted by atomic mass is 10.1. The number of halogens is 1. The predicted octanol–water partition coefficient (Wildman–Crippen LogP) is 1.23. The number of anilines is 2. The zero-order valence-corrected chi connectivity index (χ0v) is 16.7. The first-order valence-corrected chi connectivity index (χ1v) is 9.23. The average molecular weight is 410 g/mol. The normalized spacial score (nSPS) is 14.9. The highest BCUT2D eigenvalue weighted by Crippen LogP contribution is 2.29. The molecule has 0 saturated heterocycles. The van der Waals surface area contributed by atoms with Gasteiger partial charge < -0.3 is 9.47 Å². The maximum Gasteiger partial charge on any atom is 0.357 e. The average Bonchev–Trinajstić information content (AvgIpc) is 2.74. The summed E-state index contributed by atoms with van der Waals surface area (Å²) in [6.45, 7) is 1.75. The van der Waals surface area contributed by atoms with Crippen LogP contribution in [0.5, 0.6) is 11.5 Å². The van der Waals surface area contributed by atoms with Gasteiger partial charge in [-0.3, -0.25) is 9.79 Å². The SMILES string of the molecule is COc1ccc(OC)c([C@@H]2[NH+]=C(Nc3ccc(F)cc3)Nc3nc(C)cc(=O)n32)c1. The third-order valence-corrected chi connectivity index (χ3v) is 4.70. The van der Waals surface area contributed by atoms with Gasteiger partial charge in [0.15, 0.2) is 6.17 Å². The topological polar surface area (TPSA) is 91.4 Å². The fraction of sp³-hybridized carbons (Fsp3) is 0.190. The fourth-order valence-electron chi connectivity index (χ4n) is 3.31. The molecule has 2 heterocycles. The van der Waals surface area contributed by atoms with Gasteiger partial charge in [-0.15, -0.1) is 0 Å². The summed E-state index contributed by atoms with van der Waals surface area (Å²) < 4.78 is 25.6. The van der Waals surface area contributed by atoms with Crippen LogP contribution in [0.25, 0.3) is 0 Å². The maximum atomic E-state index is 13.2. The Hall–Kier alpha value is -3.88. The van der Waals surface area contributed by atoms with Crippen molar-refractivity contribution < 1.29 is 18.9 Å². The number of nitrogens with one attached hydrogen (secondary N) is 3. The number of ether oxygens (including phenoxy) is 2. The molecule has 0 radical (unpaired) electrons. The van der Waals surface area contributed by atoms with Crippen LogP contribution < -0.4 is 30.7 Å². The second-order valence-electron chi connectivity index (χ2n) is 6.72. The molecule has 0 aliphatic carbocycles. The molecule has 154 valence electrons. The molecular weight excluding hydrogens is 389 g/mol. The summed E-state index contributed by atoms with van der Waals surface area (Å²) in [5.41, 5.74) is 1.70. The van der Waals surface area contributed by atoms with Crippen molar-refractivity contribution in [1.29, 1.82) is 0 Å². The van der Waals surface area contributed by atoms with Crippen molar-refractivity contribution >= 4 is 17.6 Å². The van der Waals surface area contributed by atoms with Gasteiger partial charge in [0.25, 0.3) is 11.5 Å². The Morgan fingerprint density at radius 3 is 2.60 bits per heavy atom. The Morgan fingerprint density at radius 2 is 1.90 bits per heavy atom. The van der Waals surface area contributed by atoms with Crippen LogP contribution in [0, 0.1) is 12.7 Å². The summed E-state index contributed by atoms with van der Waals surface area (Å²) >= 11 is 0. The lowest BCUT2D eigenvalue weighted by molar-refractivity contribution is -0.520. The highest BCUT2D eigenvalue weighted by atomic mass is 19.1. The minimum absolute atomic E-state index is 0.229. The number of fused-ring (bicyclic) bond motifs is 1. The van der Waals surface area contributed by atoms with Crippen LogP contribution in [0.2, 0.25) is 0 Å². The summed E-state index contributed by atoms with van der Waals surface area (Å²) in [5.74, 6) is 1.71. The third kappa shape index (κ3) is 3.69. The number of nitrogens with zero attached hydrogens (tertiary/aromatic N) is 2. The van der Waals surface area contributed by atoms with E-state index in [1.54, 1.807) is 51.5 Å². The molecule has 30 heavy (non-hydrogen) atoms. The molecular formula is C21H21FN5O3+. The van der Waals surface area contributed by atoms with Crippen LogP contribution in [0.3, 0.4) is 0 Å². The highest BCUT2D eigenvalue weighted by Gasteiger charge is 2.31. The van der Waals surface area contributed by atoms with E-state index >= 15 is 0 Å². The van der Waals surface area contributed by atoms with E-state index in [1.807, 2.05) is 0 Å². The largest absolute Gasteiger partial charge is 0.497 e. The molecule has 3 aromatic rings. The maximum absolute atomic E-state index is 13.2. The van der Waals surface area contributed by atoms with Crippen LogP contribution in [0.15, 0.2) is 53.3 Å². The third-order valence-electron chi connectivity index (χ3n) is 4.70. The Labute approximate surface area is 172 Å². The van der Waals surface area contributed by atoms with Crippen LogP contribution in [0.1, 0.15) is 17.4 Å². The number of aryl methyl sites for hydroxylation is 1. The van der Waals surface area contributed by atoms with Crippen molar-refractivity contribution in [2.45, 2.75) is 13.1 Å². The first kappa shape index (κ1) is 19.4. The van der Waals surface area contributed by atoms with Crippen molar-refractivity contribution in [1.82, 2.24) is 9.55 Å². The molecule has 0 saturated carbocycles.